The molecule has 1 N–H and O–H groups in total. The molecule has 1 aromatic heterocycles. The Labute approximate surface area is 107 Å². The second-order valence-corrected chi connectivity index (χ2v) is 4.12. The Kier molecular flexibility index (Phi) is 6.50. The molecule has 0 aromatic carbocycles. The quantitative estimate of drug-likeness (QED) is 0.713. The highest BCUT2D eigenvalue weighted by atomic mass is 35.5. The fourth-order valence-corrected chi connectivity index (χ4v) is 1.72. The lowest BCUT2D eigenvalue weighted by molar-refractivity contribution is 0.0719. The number of nitrogens with one attached hydrogen (secondary N) is 1. The van der Waals surface area contributed by atoms with Crippen molar-refractivity contribution in [3.05, 3.63) is 16.4 Å². The minimum Gasteiger partial charge on any atom is -0.382 e. The van der Waals surface area contributed by atoms with E-state index in [0.29, 0.717) is 31.5 Å². The van der Waals surface area contributed by atoms with Gasteiger partial charge in [-0.1, -0.05) is 11.6 Å². The third-order valence-electron chi connectivity index (χ3n) is 2.43. The first kappa shape index (κ1) is 14.4. The maximum Gasteiger partial charge on any atom is 0.131 e. The van der Waals surface area contributed by atoms with Crippen LogP contribution in [-0.2, 0) is 23.1 Å². The van der Waals surface area contributed by atoms with Gasteiger partial charge in [-0.2, -0.15) is 5.10 Å². The van der Waals surface area contributed by atoms with Crippen LogP contribution in [0.25, 0.3) is 0 Å². The number of hydrogen-bond acceptors (Lipinski definition) is 4. The van der Waals surface area contributed by atoms with Crippen molar-refractivity contribution < 1.29 is 9.47 Å². The van der Waals surface area contributed by atoms with Gasteiger partial charge < -0.3 is 14.8 Å². The third-order valence-corrected chi connectivity index (χ3v) is 2.90. The summed E-state index contributed by atoms with van der Waals surface area (Å²) in [5, 5.41) is 8.21. The van der Waals surface area contributed by atoms with Crippen LogP contribution in [0.3, 0.4) is 0 Å². The molecule has 6 heteroatoms. The molecular weight excluding hydrogens is 242 g/mol. The van der Waals surface area contributed by atoms with E-state index in [2.05, 4.69) is 10.4 Å². The number of ether oxygens (including phenoxy) is 2. The molecule has 98 valence electrons. The monoisotopic (exact) mass is 261 g/mol. The Bertz CT molecular complexity index is 342. The Morgan fingerprint density at radius 3 is 2.71 bits per heavy atom. The Hall–Kier alpha value is -0.620. The van der Waals surface area contributed by atoms with Crippen LogP contribution in [-0.4, -0.2) is 43.3 Å². The molecule has 1 aromatic rings. The van der Waals surface area contributed by atoms with Crippen LogP contribution in [0.4, 0.5) is 0 Å². The molecule has 0 atom stereocenters. The molecule has 0 saturated carbocycles. The van der Waals surface area contributed by atoms with E-state index in [4.69, 9.17) is 21.1 Å². The molecule has 17 heavy (non-hydrogen) atoms. The Balaban J connectivity index is 2.18. The minimum absolute atomic E-state index is 0.630. The van der Waals surface area contributed by atoms with E-state index < -0.39 is 0 Å². The third kappa shape index (κ3) is 4.63. The summed E-state index contributed by atoms with van der Waals surface area (Å²) in [6.45, 7) is 5.39. The lowest BCUT2D eigenvalue weighted by Gasteiger charge is -2.05. The summed E-state index contributed by atoms with van der Waals surface area (Å²) >= 11 is 6.11. The van der Waals surface area contributed by atoms with Crippen molar-refractivity contribution in [2.75, 3.05) is 33.5 Å². The summed E-state index contributed by atoms with van der Waals surface area (Å²) in [5.74, 6) is 0. The number of hydrogen-bond donors (Lipinski definition) is 1. The highest BCUT2D eigenvalue weighted by molar-refractivity contribution is 6.30. The molecule has 1 rings (SSSR count). The first-order valence-corrected chi connectivity index (χ1v) is 6.00. The van der Waals surface area contributed by atoms with Gasteiger partial charge in [-0.25, -0.2) is 0 Å². The summed E-state index contributed by atoms with van der Waals surface area (Å²) in [7, 11) is 3.50. The summed E-state index contributed by atoms with van der Waals surface area (Å²) in [6, 6.07) is 0. The first-order valence-electron chi connectivity index (χ1n) is 5.62. The van der Waals surface area contributed by atoms with E-state index in [1.54, 1.807) is 11.8 Å². The predicted octanol–water partition coefficient (Wildman–Crippen LogP) is 1.13. The molecule has 1 heterocycles. The van der Waals surface area contributed by atoms with Crippen molar-refractivity contribution in [3.63, 3.8) is 0 Å². The molecule has 5 nitrogen and oxygen atoms in total. The number of methoxy groups -OCH3 is 1. The zero-order chi connectivity index (χ0) is 12.7. The van der Waals surface area contributed by atoms with Crippen molar-refractivity contribution in [3.8, 4) is 0 Å². The van der Waals surface area contributed by atoms with Crippen LogP contribution in [0.1, 0.15) is 11.3 Å². The van der Waals surface area contributed by atoms with Gasteiger partial charge in [0.05, 0.1) is 25.5 Å². The topological polar surface area (TPSA) is 48.3 Å². The lowest BCUT2D eigenvalue weighted by atomic mass is 10.2. The van der Waals surface area contributed by atoms with Gasteiger partial charge in [0.25, 0.3) is 0 Å². The van der Waals surface area contributed by atoms with Gasteiger partial charge in [-0.05, 0) is 6.92 Å². The van der Waals surface area contributed by atoms with Crippen molar-refractivity contribution in [1.29, 1.82) is 0 Å². The molecular formula is C11H20ClN3O2. The molecule has 0 radical (unpaired) electrons. The van der Waals surface area contributed by atoms with Gasteiger partial charge in [0, 0.05) is 32.8 Å². The van der Waals surface area contributed by atoms with E-state index in [0.717, 1.165) is 17.8 Å². The lowest BCUT2D eigenvalue weighted by Crippen LogP contribution is -2.20. The van der Waals surface area contributed by atoms with Crippen LogP contribution >= 0.6 is 11.6 Å². The number of aromatic nitrogens is 2. The van der Waals surface area contributed by atoms with Gasteiger partial charge in [0.15, 0.2) is 0 Å². The molecule has 0 amide bonds. The number of aryl methyl sites for hydroxylation is 2. The van der Waals surface area contributed by atoms with Crippen molar-refractivity contribution in [2.45, 2.75) is 13.5 Å². The Morgan fingerprint density at radius 1 is 1.35 bits per heavy atom. The van der Waals surface area contributed by atoms with Crippen molar-refractivity contribution in [1.82, 2.24) is 15.1 Å². The average molecular weight is 262 g/mol. The summed E-state index contributed by atoms with van der Waals surface area (Å²) in [6.07, 6.45) is 0. The van der Waals surface area contributed by atoms with Crippen LogP contribution in [0.15, 0.2) is 0 Å². The van der Waals surface area contributed by atoms with E-state index in [-0.39, 0.29) is 0 Å². The smallest absolute Gasteiger partial charge is 0.131 e. The second kappa shape index (κ2) is 7.66. The molecule has 0 spiro atoms. The van der Waals surface area contributed by atoms with E-state index in [9.17, 15) is 0 Å². The summed E-state index contributed by atoms with van der Waals surface area (Å²) < 4.78 is 11.9. The highest BCUT2D eigenvalue weighted by Gasteiger charge is 2.09. The maximum absolute atomic E-state index is 6.11. The molecule has 0 aliphatic rings. The number of nitrogens with zero attached hydrogens (tertiary/aromatic N) is 2. The zero-order valence-electron chi connectivity index (χ0n) is 10.6. The highest BCUT2D eigenvalue weighted by Crippen LogP contribution is 2.17. The largest absolute Gasteiger partial charge is 0.382 e. The Morgan fingerprint density at radius 2 is 2.12 bits per heavy atom. The molecule has 0 unspecified atom stereocenters. The molecule has 0 saturated heterocycles. The molecule has 0 bridgehead atoms. The molecule has 0 aliphatic carbocycles. The maximum atomic E-state index is 6.11. The number of rotatable bonds is 8. The van der Waals surface area contributed by atoms with Gasteiger partial charge in [-0.15, -0.1) is 0 Å². The first-order chi connectivity index (χ1) is 8.16. The van der Waals surface area contributed by atoms with Gasteiger partial charge >= 0.3 is 0 Å². The van der Waals surface area contributed by atoms with Crippen molar-refractivity contribution >= 4 is 11.6 Å². The fraction of sp³-hybridized carbons (Fsp3) is 0.727. The minimum atomic E-state index is 0.630. The molecule has 0 fully saturated rings. The van der Waals surface area contributed by atoms with E-state index >= 15 is 0 Å². The van der Waals surface area contributed by atoms with Crippen LogP contribution in [0.5, 0.6) is 0 Å². The molecule has 0 aliphatic heterocycles. The van der Waals surface area contributed by atoms with Crippen LogP contribution in [0, 0.1) is 6.92 Å². The van der Waals surface area contributed by atoms with Crippen LogP contribution in [0.2, 0.25) is 5.15 Å². The van der Waals surface area contributed by atoms with Crippen LogP contribution < -0.4 is 5.32 Å². The standard InChI is InChI=1S/C11H20ClN3O2/c1-9-10(11(12)15(2)14-9)8-13-4-5-17-7-6-16-3/h13H,4-8H2,1-3H3. The summed E-state index contributed by atoms with van der Waals surface area (Å²) in [5.41, 5.74) is 2.01. The predicted molar refractivity (Wildman–Crippen MR) is 67.4 cm³/mol. The van der Waals surface area contributed by atoms with Gasteiger partial charge in [0.1, 0.15) is 5.15 Å². The average Bonchev–Trinajstić information content (AvgIpc) is 2.54. The zero-order valence-corrected chi connectivity index (χ0v) is 11.4. The van der Waals surface area contributed by atoms with E-state index in [1.807, 2.05) is 14.0 Å². The fourth-order valence-electron chi connectivity index (χ4n) is 1.48. The normalized spacial score (nSPS) is 11.1. The number of halogens is 1. The van der Waals surface area contributed by atoms with E-state index in [1.165, 1.54) is 0 Å². The van der Waals surface area contributed by atoms with Gasteiger partial charge in [0.2, 0.25) is 0 Å². The van der Waals surface area contributed by atoms with Gasteiger partial charge in [-0.3, -0.25) is 4.68 Å². The van der Waals surface area contributed by atoms with Crippen molar-refractivity contribution in [2.24, 2.45) is 7.05 Å². The second-order valence-electron chi connectivity index (χ2n) is 3.76. The SMILES string of the molecule is COCCOCCNCc1c(C)nn(C)c1Cl. The summed E-state index contributed by atoms with van der Waals surface area (Å²) in [4.78, 5) is 0.